The summed E-state index contributed by atoms with van der Waals surface area (Å²) in [6, 6.07) is 7.72. The zero-order chi connectivity index (χ0) is 9.68. The molecule has 0 aliphatic rings. The molecule has 66 valence electrons. The van der Waals surface area contributed by atoms with E-state index in [1.807, 2.05) is 38.1 Å². The second kappa shape index (κ2) is 4.42. The third-order valence-corrected chi connectivity index (χ3v) is 1.56. The lowest BCUT2D eigenvalue weighted by Gasteiger charge is -1.99. The van der Waals surface area contributed by atoms with Gasteiger partial charge in [-0.2, -0.15) is 5.26 Å². The maximum atomic E-state index is 8.87. The van der Waals surface area contributed by atoms with E-state index < -0.39 is 0 Å². The van der Waals surface area contributed by atoms with E-state index in [4.69, 9.17) is 5.26 Å². The molecule has 2 nitrogen and oxygen atoms in total. The summed E-state index contributed by atoms with van der Waals surface area (Å²) < 4.78 is 0. The Kier molecular flexibility index (Phi) is 3.22. The maximum Gasteiger partial charge on any atom is 0.101 e. The number of nitriles is 1. The van der Waals surface area contributed by atoms with Crippen LogP contribution in [0.5, 0.6) is 0 Å². The molecule has 0 atom stereocenters. The molecule has 0 N–H and O–H groups in total. The van der Waals surface area contributed by atoms with Crippen LogP contribution in [0.4, 0.5) is 0 Å². The van der Waals surface area contributed by atoms with Crippen molar-refractivity contribution >= 4 is 5.57 Å². The van der Waals surface area contributed by atoms with Crippen LogP contribution < -0.4 is 0 Å². The van der Waals surface area contributed by atoms with Crippen LogP contribution in [0.1, 0.15) is 19.5 Å². The van der Waals surface area contributed by atoms with Gasteiger partial charge in [0, 0.05) is 6.20 Å². The van der Waals surface area contributed by atoms with Gasteiger partial charge in [0.1, 0.15) is 6.07 Å². The number of hydrogen-bond donors (Lipinski definition) is 0. The van der Waals surface area contributed by atoms with Gasteiger partial charge in [0.05, 0.1) is 11.3 Å². The highest BCUT2D eigenvalue weighted by molar-refractivity contribution is 5.74. The average Bonchev–Trinajstić information content (AvgIpc) is 2.15. The van der Waals surface area contributed by atoms with Crippen LogP contribution in [0.3, 0.4) is 0 Å². The minimum atomic E-state index is 0.372. The van der Waals surface area contributed by atoms with E-state index >= 15 is 0 Å². The second-order valence-electron chi connectivity index (χ2n) is 3.15. The number of nitrogens with zero attached hydrogens (tertiary/aromatic N) is 2. The summed E-state index contributed by atoms with van der Waals surface area (Å²) in [5.74, 6) is 0.372. The summed E-state index contributed by atoms with van der Waals surface area (Å²) in [5.41, 5.74) is 1.40. The van der Waals surface area contributed by atoms with Crippen LogP contribution >= 0.6 is 0 Å². The zero-order valence-electron chi connectivity index (χ0n) is 7.86. The Morgan fingerprint density at radius 3 is 2.77 bits per heavy atom. The normalized spacial score (nSPS) is 11.4. The average molecular weight is 172 g/mol. The molecule has 0 unspecified atom stereocenters. The molecule has 1 aromatic heterocycles. The molecule has 0 bridgehead atoms. The van der Waals surface area contributed by atoms with Crippen molar-refractivity contribution in [3.63, 3.8) is 0 Å². The smallest absolute Gasteiger partial charge is 0.101 e. The molecule has 13 heavy (non-hydrogen) atoms. The number of rotatable bonds is 2. The Labute approximate surface area is 78.5 Å². The van der Waals surface area contributed by atoms with E-state index in [-0.39, 0.29) is 0 Å². The van der Waals surface area contributed by atoms with Crippen molar-refractivity contribution in [2.45, 2.75) is 13.8 Å². The summed E-state index contributed by atoms with van der Waals surface area (Å²) in [4.78, 5) is 4.11. The third kappa shape index (κ3) is 2.72. The molecule has 0 aromatic carbocycles. The van der Waals surface area contributed by atoms with Gasteiger partial charge in [-0.1, -0.05) is 26.0 Å². The molecule has 0 amide bonds. The van der Waals surface area contributed by atoms with Crippen molar-refractivity contribution in [2.75, 3.05) is 0 Å². The lowest BCUT2D eigenvalue weighted by Crippen LogP contribution is -1.88. The summed E-state index contributed by atoms with van der Waals surface area (Å²) >= 11 is 0. The largest absolute Gasteiger partial charge is 0.256 e. The number of aromatic nitrogens is 1. The molecular weight excluding hydrogens is 160 g/mol. The first kappa shape index (κ1) is 9.47. The van der Waals surface area contributed by atoms with Gasteiger partial charge >= 0.3 is 0 Å². The number of pyridine rings is 1. The van der Waals surface area contributed by atoms with Gasteiger partial charge in [0.25, 0.3) is 0 Å². The van der Waals surface area contributed by atoms with E-state index in [2.05, 4.69) is 11.1 Å². The Morgan fingerprint density at radius 1 is 1.54 bits per heavy atom. The van der Waals surface area contributed by atoms with E-state index in [0.717, 1.165) is 5.69 Å². The van der Waals surface area contributed by atoms with Crippen LogP contribution in [-0.4, -0.2) is 4.98 Å². The van der Waals surface area contributed by atoms with Crippen LogP contribution in [-0.2, 0) is 0 Å². The zero-order valence-corrected chi connectivity index (χ0v) is 7.86. The molecule has 1 rings (SSSR count). The van der Waals surface area contributed by atoms with Gasteiger partial charge in [0.15, 0.2) is 0 Å². The van der Waals surface area contributed by atoms with Gasteiger partial charge in [0.2, 0.25) is 0 Å². The van der Waals surface area contributed by atoms with Crippen molar-refractivity contribution < 1.29 is 0 Å². The van der Waals surface area contributed by atoms with Gasteiger partial charge in [-0.05, 0) is 18.1 Å². The van der Waals surface area contributed by atoms with Crippen molar-refractivity contribution in [1.82, 2.24) is 4.98 Å². The van der Waals surface area contributed by atoms with Crippen molar-refractivity contribution in [2.24, 2.45) is 5.92 Å². The predicted molar refractivity (Wildman–Crippen MR) is 52.7 cm³/mol. The summed E-state index contributed by atoms with van der Waals surface area (Å²) in [6.07, 6.45) is 3.61. The van der Waals surface area contributed by atoms with Crippen molar-refractivity contribution in [3.8, 4) is 6.07 Å². The van der Waals surface area contributed by atoms with Crippen LogP contribution in [0.15, 0.2) is 30.5 Å². The molecule has 0 aliphatic heterocycles. The molecular formula is C11H12N2. The van der Waals surface area contributed by atoms with Gasteiger partial charge in [-0.25, -0.2) is 0 Å². The Bertz CT molecular complexity index is 331. The summed E-state index contributed by atoms with van der Waals surface area (Å²) in [5, 5.41) is 8.87. The van der Waals surface area contributed by atoms with Crippen molar-refractivity contribution in [3.05, 3.63) is 36.2 Å². The fourth-order valence-electron chi connectivity index (χ4n) is 1.04. The quantitative estimate of drug-likeness (QED) is 0.643. The lowest BCUT2D eigenvalue weighted by molar-refractivity contribution is 0.834. The topological polar surface area (TPSA) is 36.7 Å². The minimum Gasteiger partial charge on any atom is -0.256 e. The molecule has 1 heterocycles. The Balaban J connectivity index is 3.00. The van der Waals surface area contributed by atoms with Gasteiger partial charge in [-0.15, -0.1) is 0 Å². The first-order valence-corrected chi connectivity index (χ1v) is 4.27. The number of hydrogen-bond acceptors (Lipinski definition) is 2. The first-order chi connectivity index (χ1) is 6.24. The molecule has 2 heteroatoms. The maximum absolute atomic E-state index is 8.87. The molecule has 0 radical (unpaired) electrons. The minimum absolute atomic E-state index is 0.372. The molecule has 0 saturated heterocycles. The summed E-state index contributed by atoms with van der Waals surface area (Å²) in [6.45, 7) is 4.08. The van der Waals surface area contributed by atoms with E-state index in [1.54, 1.807) is 6.20 Å². The van der Waals surface area contributed by atoms with Crippen molar-refractivity contribution in [1.29, 1.82) is 5.26 Å². The van der Waals surface area contributed by atoms with Gasteiger partial charge in [-0.3, -0.25) is 4.98 Å². The van der Waals surface area contributed by atoms with Crippen LogP contribution in [0.25, 0.3) is 5.57 Å². The number of allylic oxidation sites excluding steroid dienone is 2. The first-order valence-electron chi connectivity index (χ1n) is 4.27. The van der Waals surface area contributed by atoms with Crippen LogP contribution in [0.2, 0.25) is 0 Å². The monoisotopic (exact) mass is 172 g/mol. The Hall–Kier alpha value is -1.62. The fraction of sp³-hybridized carbons (Fsp3) is 0.273. The Morgan fingerprint density at radius 2 is 2.31 bits per heavy atom. The fourth-order valence-corrected chi connectivity index (χ4v) is 1.04. The SMILES string of the molecule is CC(C)C=C(C#N)c1ccccn1. The predicted octanol–water partition coefficient (Wildman–Crippen LogP) is 2.64. The highest BCUT2D eigenvalue weighted by Gasteiger charge is 2.01. The van der Waals surface area contributed by atoms with Crippen LogP contribution in [0, 0.1) is 17.2 Å². The van der Waals surface area contributed by atoms with E-state index in [1.165, 1.54) is 0 Å². The van der Waals surface area contributed by atoms with Gasteiger partial charge < -0.3 is 0 Å². The van der Waals surface area contributed by atoms with E-state index in [9.17, 15) is 0 Å². The molecule has 0 spiro atoms. The molecule has 0 aliphatic carbocycles. The third-order valence-electron chi connectivity index (χ3n) is 1.56. The molecule has 1 aromatic rings. The van der Waals surface area contributed by atoms with E-state index in [0.29, 0.717) is 11.5 Å². The summed E-state index contributed by atoms with van der Waals surface area (Å²) in [7, 11) is 0. The highest BCUT2D eigenvalue weighted by atomic mass is 14.7. The molecule has 0 fully saturated rings. The standard InChI is InChI=1S/C11H12N2/c1-9(2)7-10(8-12)11-5-3-4-6-13-11/h3-7,9H,1-2H3. The second-order valence-corrected chi connectivity index (χ2v) is 3.15. The highest BCUT2D eigenvalue weighted by Crippen LogP contribution is 2.12. The lowest BCUT2D eigenvalue weighted by atomic mass is 10.1. The molecule has 0 saturated carbocycles.